The maximum absolute atomic E-state index is 6.08. The van der Waals surface area contributed by atoms with Crippen LogP contribution in [-0.4, -0.2) is 17.1 Å². The summed E-state index contributed by atoms with van der Waals surface area (Å²) in [5.74, 6) is 2.00. The molecule has 1 N–H and O–H groups in total. The average molecular weight is 312 g/mol. The number of hydrogen-bond acceptors (Lipinski definition) is 4. The van der Waals surface area contributed by atoms with Crippen molar-refractivity contribution in [1.82, 2.24) is 9.97 Å². The van der Waals surface area contributed by atoms with E-state index in [1.165, 1.54) is 0 Å². The Balaban J connectivity index is 2.23. The van der Waals surface area contributed by atoms with Gasteiger partial charge in [0.05, 0.1) is 12.1 Å². The van der Waals surface area contributed by atoms with Crippen LogP contribution in [0.4, 0.5) is 11.5 Å². The first-order chi connectivity index (χ1) is 9.62. The van der Waals surface area contributed by atoms with Gasteiger partial charge in [-0.3, -0.25) is 0 Å². The van der Waals surface area contributed by atoms with Gasteiger partial charge in [-0.05, 0) is 24.6 Å². The summed E-state index contributed by atoms with van der Waals surface area (Å²) >= 11 is 12.1. The summed E-state index contributed by atoms with van der Waals surface area (Å²) in [4.78, 5) is 8.59. The van der Waals surface area contributed by atoms with Gasteiger partial charge in [0.15, 0.2) is 0 Å². The van der Waals surface area contributed by atoms with E-state index in [0.29, 0.717) is 21.7 Å². The molecule has 0 aliphatic rings. The molecule has 0 saturated carbocycles. The normalized spacial score (nSPS) is 10.4. The van der Waals surface area contributed by atoms with Gasteiger partial charge in [0.25, 0.3) is 0 Å². The summed E-state index contributed by atoms with van der Waals surface area (Å²) in [5.41, 5.74) is 0.813. The van der Waals surface area contributed by atoms with Gasteiger partial charge in [0.2, 0.25) is 0 Å². The van der Waals surface area contributed by atoms with Crippen LogP contribution in [0.15, 0.2) is 24.3 Å². The molecule has 0 radical (unpaired) electrons. The molecule has 0 amide bonds. The first-order valence-corrected chi connectivity index (χ1v) is 7.02. The molecule has 1 heterocycles. The van der Waals surface area contributed by atoms with Crippen molar-refractivity contribution in [2.75, 3.05) is 12.4 Å². The van der Waals surface area contributed by atoms with Crippen molar-refractivity contribution in [3.05, 3.63) is 40.3 Å². The Morgan fingerprint density at radius 1 is 1.20 bits per heavy atom. The Labute approximate surface area is 128 Å². The molecule has 0 bridgehead atoms. The zero-order valence-electron chi connectivity index (χ0n) is 11.3. The highest BCUT2D eigenvalue weighted by Crippen LogP contribution is 2.28. The molecule has 2 rings (SSSR count). The molecule has 0 saturated heterocycles. The topological polar surface area (TPSA) is 47.0 Å². The third-order valence-electron chi connectivity index (χ3n) is 2.64. The van der Waals surface area contributed by atoms with Gasteiger partial charge in [0, 0.05) is 18.2 Å². The van der Waals surface area contributed by atoms with Crippen LogP contribution in [0.3, 0.4) is 0 Å². The molecule has 0 aliphatic carbocycles. The average Bonchev–Trinajstić information content (AvgIpc) is 2.38. The van der Waals surface area contributed by atoms with Crippen LogP contribution in [0.1, 0.15) is 19.2 Å². The number of benzene rings is 1. The van der Waals surface area contributed by atoms with Gasteiger partial charge < -0.3 is 10.1 Å². The van der Waals surface area contributed by atoms with Crippen LogP contribution in [0.5, 0.6) is 5.75 Å². The van der Waals surface area contributed by atoms with Crippen molar-refractivity contribution in [1.29, 1.82) is 0 Å². The second-order valence-corrected chi connectivity index (χ2v) is 5.01. The van der Waals surface area contributed by atoms with Gasteiger partial charge in [0.1, 0.15) is 22.5 Å². The molecule has 20 heavy (non-hydrogen) atoms. The first-order valence-electron chi connectivity index (χ1n) is 6.26. The fourth-order valence-electron chi connectivity index (χ4n) is 1.76. The minimum Gasteiger partial charge on any atom is -0.495 e. The Morgan fingerprint density at radius 2 is 2.00 bits per heavy atom. The Kier molecular flexibility index (Phi) is 5.04. The van der Waals surface area contributed by atoms with Crippen molar-refractivity contribution in [3.63, 3.8) is 0 Å². The second kappa shape index (κ2) is 6.77. The fraction of sp³-hybridized carbons (Fsp3) is 0.286. The Bertz CT molecular complexity index is 605. The lowest BCUT2D eigenvalue weighted by Gasteiger charge is -2.09. The summed E-state index contributed by atoms with van der Waals surface area (Å²) in [6.07, 6.45) is 1.76. The van der Waals surface area contributed by atoms with Gasteiger partial charge in [-0.2, -0.15) is 0 Å². The highest BCUT2D eigenvalue weighted by Gasteiger charge is 2.05. The molecule has 0 spiro atoms. The lowest BCUT2D eigenvalue weighted by molar-refractivity contribution is 0.415. The highest BCUT2D eigenvalue weighted by atomic mass is 35.5. The van der Waals surface area contributed by atoms with Crippen molar-refractivity contribution in [2.45, 2.75) is 19.8 Å². The zero-order valence-corrected chi connectivity index (χ0v) is 12.8. The van der Waals surface area contributed by atoms with Gasteiger partial charge in [-0.15, -0.1) is 0 Å². The van der Waals surface area contributed by atoms with Crippen molar-refractivity contribution in [3.8, 4) is 5.75 Å². The summed E-state index contributed by atoms with van der Waals surface area (Å²) in [6.45, 7) is 2.07. The standard InChI is InChI=1S/C14H15Cl2N3O/c1-3-4-13-18-12(16)8-14(19-13)17-9-5-6-11(20-2)10(15)7-9/h5-8H,3-4H2,1-2H3,(H,17,18,19). The molecule has 0 unspecified atom stereocenters. The van der Waals surface area contributed by atoms with E-state index in [2.05, 4.69) is 22.2 Å². The van der Waals surface area contributed by atoms with Crippen molar-refractivity contribution >= 4 is 34.7 Å². The third-order valence-corrected chi connectivity index (χ3v) is 3.13. The number of hydrogen-bond donors (Lipinski definition) is 1. The molecule has 0 aliphatic heterocycles. The first kappa shape index (κ1) is 14.9. The quantitative estimate of drug-likeness (QED) is 0.826. The van der Waals surface area contributed by atoms with Crippen molar-refractivity contribution in [2.24, 2.45) is 0 Å². The zero-order chi connectivity index (χ0) is 14.5. The molecular formula is C14H15Cl2N3O. The maximum Gasteiger partial charge on any atom is 0.137 e. The Morgan fingerprint density at radius 3 is 2.65 bits per heavy atom. The van der Waals surface area contributed by atoms with E-state index in [9.17, 15) is 0 Å². The number of ether oxygens (including phenoxy) is 1. The van der Waals surface area contributed by atoms with Crippen molar-refractivity contribution < 1.29 is 4.74 Å². The highest BCUT2D eigenvalue weighted by molar-refractivity contribution is 6.32. The largest absolute Gasteiger partial charge is 0.495 e. The summed E-state index contributed by atoms with van der Waals surface area (Å²) in [5, 5.41) is 4.12. The van der Waals surface area contributed by atoms with Crippen LogP contribution in [0.2, 0.25) is 10.2 Å². The van der Waals surface area contributed by atoms with E-state index in [0.717, 1.165) is 24.4 Å². The molecule has 0 fully saturated rings. The van der Waals surface area contributed by atoms with E-state index in [1.54, 1.807) is 25.3 Å². The molecule has 1 aromatic heterocycles. The minimum atomic E-state index is 0.422. The minimum absolute atomic E-state index is 0.422. The summed E-state index contributed by atoms with van der Waals surface area (Å²) in [7, 11) is 1.58. The van der Waals surface area contributed by atoms with Gasteiger partial charge in [-0.1, -0.05) is 30.1 Å². The predicted molar refractivity (Wildman–Crippen MR) is 82.3 cm³/mol. The molecule has 6 heteroatoms. The number of aromatic nitrogens is 2. The SMILES string of the molecule is CCCc1nc(Cl)cc(Nc2ccc(OC)c(Cl)c2)n1. The maximum atomic E-state index is 6.08. The number of halogens is 2. The molecular weight excluding hydrogens is 297 g/mol. The van der Waals surface area contributed by atoms with E-state index in [4.69, 9.17) is 27.9 Å². The Hall–Kier alpha value is -1.52. The van der Waals surface area contributed by atoms with Crippen LogP contribution in [0.25, 0.3) is 0 Å². The summed E-state index contributed by atoms with van der Waals surface area (Å²) < 4.78 is 5.11. The number of nitrogens with one attached hydrogen (secondary N) is 1. The predicted octanol–water partition coefficient (Wildman–Crippen LogP) is 4.49. The van der Waals surface area contributed by atoms with Crippen LogP contribution in [0, 0.1) is 0 Å². The van der Waals surface area contributed by atoms with Crippen LogP contribution >= 0.6 is 23.2 Å². The molecule has 1 aromatic carbocycles. The lowest BCUT2D eigenvalue weighted by atomic mass is 10.3. The third kappa shape index (κ3) is 3.74. The number of aryl methyl sites for hydroxylation is 1. The second-order valence-electron chi connectivity index (χ2n) is 4.22. The van der Waals surface area contributed by atoms with E-state index >= 15 is 0 Å². The van der Waals surface area contributed by atoms with Crippen LogP contribution in [-0.2, 0) is 6.42 Å². The number of rotatable bonds is 5. The smallest absolute Gasteiger partial charge is 0.137 e. The summed E-state index contributed by atoms with van der Waals surface area (Å²) in [6, 6.07) is 7.11. The molecule has 106 valence electrons. The van der Waals surface area contributed by atoms with E-state index < -0.39 is 0 Å². The number of methoxy groups -OCH3 is 1. The van der Waals surface area contributed by atoms with E-state index in [1.807, 2.05) is 6.07 Å². The number of nitrogens with zero attached hydrogens (tertiary/aromatic N) is 2. The van der Waals surface area contributed by atoms with E-state index in [-0.39, 0.29) is 0 Å². The monoisotopic (exact) mass is 311 g/mol. The molecule has 2 aromatic rings. The lowest BCUT2D eigenvalue weighted by Crippen LogP contribution is -2.00. The molecule has 0 atom stereocenters. The van der Waals surface area contributed by atoms with Crippen LogP contribution < -0.4 is 10.1 Å². The fourth-order valence-corrected chi connectivity index (χ4v) is 2.21. The van der Waals surface area contributed by atoms with Gasteiger partial charge in [-0.25, -0.2) is 9.97 Å². The molecule has 4 nitrogen and oxygen atoms in total. The number of anilines is 2. The van der Waals surface area contributed by atoms with Gasteiger partial charge >= 0.3 is 0 Å².